The van der Waals surface area contributed by atoms with Gasteiger partial charge in [0.05, 0.1) is 19.3 Å². The molecule has 1 aromatic carbocycles. The van der Waals surface area contributed by atoms with E-state index in [4.69, 9.17) is 9.72 Å². The lowest BCUT2D eigenvalue weighted by atomic mass is 10.2. The average Bonchev–Trinajstić information content (AvgIpc) is 3.27. The van der Waals surface area contributed by atoms with Crippen molar-refractivity contribution in [3.63, 3.8) is 0 Å². The van der Waals surface area contributed by atoms with Gasteiger partial charge in [0.15, 0.2) is 5.82 Å². The van der Waals surface area contributed by atoms with Crippen LogP contribution < -0.4 is 4.74 Å². The fourth-order valence-corrected chi connectivity index (χ4v) is 2.85. The summed E-state index contributed by atoms with van der Waals surface area (Å²) in [6, 6.07) is 9.93. The van der Waals surface area contributed by atoms with Gasteiger partial charge in [0.1, 0.15) is 17.0 Å². The summed E-state index contributed by atoms with van der Waals surface area (Å²) < 4.78 is 9.33. The van der Waals surface area contributed by atoms with Gasteiger partial charge in [-0.2, -0.15) is 0 Å². The molecule has 0 amide bonds. The van der Waals surface area contributed by atoms with Crippen molar-refractivity contribution < 1.29 is 4.74 Å². The van der Waals surface area contributed by atoms with E-state index >= 15 is 0 Å². The van der Waals surface area contributed by atoms with E-state index in [0.717, 1.165) is 47.0 Å². The lowest BCUT2D eigenvalue weighted by Gasteiger charge is -2.09. The number of hydrogen-bond donors (Lipinski definition) is 0. The van der Waals surface area contributed by atoms with Gasteiger partial charge in [0.2, 0.25) is 0 Å². The number of methoxy groups -OCH3 is 1. The molecule has 126 valence electrons. The second-order valence-electron chi connectivity index (χ2n) is 5.80. The van der Waals surface area contributed by atoms with Gasteiger partial charge < -0.3 is 9.30 Å². The standard InChI is InChI=1S/C18H18N6O/c1-13-12-24(22-21-13)11-10-23-9-8-19-18(23)15-7-6-14-4-3-5-16(25-2)17(14)20-15/h3-9,12H,10-11H2,1-2H3. The molecule has 0 aliphatic carbocycles. The van der Waals surface area contributed by atoms with Crippen LogP contribution in [-0.4, -0.2) is 36.6 Å². The Kier molecular flexibility index (Phi) is 3.89. The number of fused-ring (bicyclic) bond motifs is 1. The summed E-state index contributed by atoms with van der Waals surface area (Å²) in [6.45, 7) is 3.39. The van der Waals surface area contributed by atoms with E-state index in [9.17, 15) is 0 Å². The molecule has 0 aliphatic rings. The van der Waals surface area contributed by atoms with Gasteiger partial charge in [0.25, 0.3) is 0 Å². The van der Waals surface area contributed by atoms with Crippen molar-refractivity contribution in [1.29, 1.82) is 0 Å². The molecule has 0 radical (unpaired) electrons. The Morgan fingerprint density at radius 3 is 2.84 bits per heavy atom. The maximum absolute atomic E-state index is 5.43. The molecule has 4 rings (SSSR count). The summed E-state index contributed by atoms with van der Waals surface area (Å²) in [7, 11) is 1.66. The Morgan fingerprint density at radius 1 is 1.12 bits per heavy atom. The molecule has 3 aromatic heterocycles. The molecule has 4 aromatic rings. The predicted molar refractivity (Wildman–Crippen MR) is 94.3 cm³/mol. The average molecular weight is 334 g/mol. The Labute approximate surface area is 144 Å². The van der Waals surface area contributed by atoms with E-state index < -0.39 is 0 Å². The number of pyridine rings is 1. The van der Waals surface area contributed by atoms with Gasteiger partial charge in [-0.1, -0.05) is 23.4 Å². The molecule has 0 spiro atoms. The maximum Gasteiger partial charge on any atom is 0.158 e. The topological polar surface area (TPSA) is 70.7 Å². The van der Waals surface area contributed by atoms with Crippen LogP contribution in [0, 0.1) is 6.92 Å². The molecule has 3 heterocycles. The smallest absolute Gasteiger partial charge is 0.158 e. The zero-order chi connectivity index (χ0) is 17.2. The third kappa shape index (κ3) is 2.96. The number of benzene rings is 1. The lowest BCUT2D eigenvalue weighted by molar-refractivity contribution is 0.419. The molecule has 0 atom stereocenters. The molecule has 25 heavy (non-hydrogen) atoms. The number of rotatable bonds is 5. The number of ether oxygens (including phenoxy) is 1. The van der Waals surface area contributed by atoms with Crippen LogP contribution in [0.25, 0.3) is 22.4 Å². The van der Waals surface area contributed by atoms with E-state index in [1.807, 2.05) is 54.3 Å². The fraction of sp³-hybridized carbons (Fsp3) is 0.222. The van der Waals surface area contributed by atoms with Crippen molar-refractivity contribution in [1.82, 2.24) is 29.5 Å². The van der Waals surface area contributed by atoms with E-state index in [1.165, 1.54) is 0 Å². The van der Waals surface area contributed by atoms with Crippen molar-refractivity contribution in [3.05, 3.63) is 54.6 Å². The van der Waals surface area contributed by atoms with Gasteiger partial charge in [-0.15, -0.1) is 5.10 Å². The third-order valence-corrected chi connectivity index (χ3v) is 4.07. The summed E-state index contributed by atoms with van der Waals surface area (Å²) >= 11 is 0. The molecule has 0 unspecified atom stereocenters. The summed E-state index contributed by atoms with van der Waals surface area (Å²) in [6.07, 6.45) is 5.67. The van der Waals surface area contributed by atoms with Crippen LogP contribution in [0.15, 0.2) is 48.9 Å². The van der Waals surface area contributed by atoms with Crippen LogP contribution >= 0.6 is 0 Å². The number of hydrogen-bond acceptors (Lipinski definition) is 5. The summed E-state index contributed by atoms with van der Waals surface area (Å²) in [4.78, 5) is 9.25. The van der Waals surface area contributed by atoms with Crippen molar-refractivity contribution >= 4 is 10.9 Å². The van der Waals surface area contributed by atoms with E-state index in [1.54, 1.807) is 13.3 Å². The van der Waals surface area contributed by atoms with Crippen molar-refractivity contribution in [2.24, 2.45) is 0 Å². The Hall–Kier alpha value is -3.22. The molecular formula is C18H18N6O. The van der Waals surface area contributed by atoms with E-state index in [-0.39, 0.29) is 0 Å². The number of aromatic nitrogens is 6. The van der Waals surface area contributed by atoms with Crippen molar-refractivity contribution in [3.8, 4) is 17.3 Å². The number of imidazole rings is 1. The fourth-order valence-electron chi connectivity index (χ4n) is 2.85. The first-order valence-corrected chi connectivity index (χ1v) is 8.06. The monoisotopic (exact) mass is 334 g/mol. The molecule has 0 fully saturated rings. The molecule has 0 saturated carbocycles. The molecule has 0 N–H and O–H groups in total. The summed E-state index contributed by atoms with van der Waals surface area (Å²) in [5.41, 5.74) is 2.56. The summed E-state index contributed by atoms with van der Waals surface area (Å²) in [5, 5.41) is 9.14. The van der Waals surface area contributed by atoms with E-state index in [2.05, 4.69) is 19.9 Å². The van der Waals surface area contributed by atoms with Gasteiger partial charge in [0, 0.05) is 30.5 Å². The van der Waals surface area contributed by atoms with E-state index in [0.29, 0.717) is 0 Å². The van der Waals surface area contributed by atoms with Gasteiger partial charge in [-0.3, -0.25) is 4.68 Å². The van der Waals surface area contributed by atoms with Crippen LogP contribution in [0.4, 0.5) is 0 Å². The Morgan fingerprint density at radius 2 is 2.04 bits per heavy atom. The number of aryl methyl sites for hydroxylation is 3. The van der Waals surface area contributed by atoms with Gasteiger partial charge in [-0.25, -0.2) is 9.97 Å². The quantitative estimate of drug-likeness (QED) is 0.561. The minimum absolute atomic E-state index is 0.723. The lowest BCUT2D eigenvalue weighted by Crippen LogP contribution is -2.09. The molecule has 0 saturated heterocycles. The zero-order valence-corrected chi connectivity index (χ0v) is 14.1. The second kappa shape index (κ2) is 6.35. The van der Waals surface area contributed by atoms with Crippen LogP contribution in [0.3, 0.4) is 0 Å². The third-order valence-electron chi connectivity index (χ3n) is 4.07. The first kappa shape index (κ1) is 15.3. The molecule has 0 bridgehead atoms. The largest absolute Gasteiger partial charge is 0.494 e. The van der Waals surface area contributed by atoms with Gasteiger partial charge >= 0.3 is 0 Å². The first-order chi connectivity index (χ1) is 12.2. The van der Waals surface area contributed by atoms with Crippen molar-refractivity contribution in [2.75, 3.05) is 7.11 Å². The minimum Gasteiger partial charge on any atom is -0.494 e. The van der Waals surface area contributed by atoms with Crippen molar-refractivity contribution in [2.45, 2.75) is 20.0 Å². The minimum atomic E-state index is 0.723. The maximum atomic E-state index is 5.43. The number of para-hydroxylation sites is 1. The number of nitrogens with zero attached hydrogens (tertiary/aromatic N) is 6. The highest BCUT2D eigenvalue weighted by atomic mass is 16.5. The van der Waals surface area contributed by atoms with Crippen LogP contribution in [-0.2, 0) is 13.1 Å². The second-order valence-corrected chi connectivity index (χ2v) is 5.80. The SMILES string of the molecule is COc1cccc2ccc(-c3nccn3CCn3cc(C)nn3)nc12. The molecule has 0 aliphatic heterocycles. The van der Waals surface area contributed by atoms with Crippen LogP contribution in [0.5, 0.6) is 5.75 Å². The highest BCUT2D eigenvalue weighted by molar-refractivity contribution is 5.86. The zero-order valence-electron chi connectivity index (χ0n) is 14.1. The predicted octanol–water partition coefficient (Wildman–Crippen LogP) is 2.71. The first-order valence-electron chi connectivity index (χ1n) is 8.06. The normalized spacial score (nSPS) is 11.1. The Bertz CT molecular complexity index is 1020. The highest BCUT2D eigenvalue weighted by Gasteiger charge is 2.10. The molecular weight excluding hydrogens is 316 g/mol. The van der Waals surface area contributed by atoms with Crippen LogP contribution in [0.2, 0.25) is 0 Å². The van der Waals surface area contributed by atoms with Crippen LogP contribution in [0.1, 0.15) is 5.69 Å². The Balaban J connectivity index is 1.66. The highest BCUT2D eigenvalue weighted by Crippen LogP contribution is 2.26. The summed E-state index contributed by atoms with van der Waals surface area (Å²) in [5.74, 6) is 1.58. The van der Waals surface area contributed by atoms with Gasteiger partial charge in [-0.05, 0) is 19.1 Å². The molecule has 7 heteroatoms. The molecule has 7 nitrogen and oxygen atoms in total.